The van der Waals surface area contributed by atoms with Gasteiger partial charge in [-0.05, 0) is 61.6 Å². The number of aryl methyl sites for hydroxylation is 1. The summed E-state index contributed by atoms with van der Waals surface area (Å²) in [5.74, 6) is 2.44. The Hall–Kier alpha value is -2.98. The van der Waals surface area contributed by atoms with Gasteiger partial charge < -0.3 is 19.5 Å². The summed E-state index contributed by atoms with van der Waals surface area (Å²) in [6, 6.07) is 26.0. The summed E-state index contributed by atoms with van der Waals surface area (Å²) < 4.78 is 16.4. The van der Waals surface area contributed by atoms with Gasteiger partial charge in [0.2, 0.25) is 5.75 Å². The number of methoxy groups -OCH3 is 3. The summed E-state index contributed by atoms with van der Waals surface area (Å²) in [4.78, 5) is 0. The van der Waals surface area contributed by atoms with Crippen LogP contribution in [0.15, 0.2) is 72.8 Å². The van der Waals surface area contributed by atoms with Gasteiger partial charge in [0.05, 0.1) is 21.3 Å². The molecule has 3 rings (SSSR count). The highest BCUT2D eigenvalue weighted by atomic mass is 16.5. The number of hydrogen-bond donors (Lipinski definition) is 1. The number of ether oxygens (including phenoxy) is 3. The molecule has 0 spiro atoms. The maximum Gasteiger partial charge on any atom is 0.203 e. The molecule has 0 fully saturated rings. The van der Waals surface area contributed by atoms with Crippen LogP contribution in [-0.4, -0.2) is 33.9 Å². The predicted octanol–water partition coefficient (Wildman–Crippen LogP) is 5.85. The standard InChI is InChI=1S/C28H35NO3/c1-21(15-16-22-19-26(30-2)28(32-4)27(20-22)31-3)29-18-17-25(23-11-7-5-8-12-23)24-13-9-6-10-14-24/h5-14,19-21,25,29H,15-18H2,1-4H3. The molecule has 4 nitrogen and oxygen atoms in total. The highest BCUT2D eigenvalue weighted by Crippen LogP contribution is 2.38. The molecule has 170 valence electrons. The van der Waals surface area contributed by atoms with Gasteiger partial charge in [0.1, 0.15) is 0 Å². The van der Waals surface area contributed by atoms with Crippen molar-refractivity contribution < 1.29 is 14.2 Å². The van der Waals surface area contributed by atoms with Crippen molar-refractivity contribution in [3.8, 4) is 17.2 Å². The molecule has 32 heavy (non-hydrogen) atoms. The Balaban J connectivity index is 1.57. The Kier molecular flexibility index (Phi) is 9.00. The zero-order chi connectivity index (χ0) is 22.8. The van der Waals surface area contributed by atoms with Crippen LogP contribution in [0.3, 0.4) is 0 Å². The van der Waals surface area contributed by atoms with Gasteiger partial charge in [0.15, 0.2) is 11.5 Å². The van der Waals surface area contributed by atoms with Crippen molar-refractivity contribution in [1.29, 1.82) is 0 Å². The minimum atomic E-state index is 0.396. The van der Waals surface area contributed by atoms with Gasteiger partial charge in [0.25, 0.3) is 0 Å². The lowest BCUT2D eigenvalue weighted by atomic mass is 9.88. The SMILES string of the molecule is COc1cc(CCC(C)NCCC(c2ccccc2)c2ccccc2)cc(OC)c1OC. The van der Waals surface area contributed by atoms with Gasteiger partial charge in [-0.15, -0.1) is 0 Å². The van der Waals surface area contributed by atoms with Crippen LogP contribution in [0, 0.1) is 0 Å². The van der Waals surface area contributed by atoms with Gasteiger partial charge in [-0.3, -0.25) is 0 Å². The molecule has 0 saturated carbocycles. The molecule has 0 saturated heterocycles. The molecule has 3 aromatic carbocycles. The predicted molar refractivity (Wildman–Crippen MR) is 131 cm³/mol. The second-order valence-corrected chi connectivity index (χ2v) is 8.09. The van der Waals surface area contributed by atoms with Crippen molar-refractivity contribution in [3.63, 3.8) is 0 Å². The first-order valence-electron chi connectivity index (χ1n) is 11.3. The van der Waals surface area contributed by atoms with Crippen molar-refractivity contribution in [2.75, 3.05) is 27.9 Å². The van der Waals surface area contributed by atoms with E-state index < -0.39 is 0 Å². The third kappa shape index (κ3) is 6.27. The number of nitrogens with one attached hydrogen (secondary N) is 1. The normalized spacial score (nSPS) is 11.9. The molecule has 0 aliphatic heterocycles. The Morgan fingerprint density at radius 3 is 1.72 bits per heavy atom. The lowest BCUT2D eigenvalue weighted by Gasteiger charge is -2.21. The molecule has 0 aliphatic carbocycles. The molecule has 0 radical (unpaired) electrons. The number of benzene rings is 3. The van der Waals surface area contributed by atoms with Crippen molar-refractivity contribution in [3.05, 3.63) is 89.5 Å². The average molecular weight is 434 g/mol. The largest absolute Gasteiger partial charge is 0.493 e. The van der Waals surface area contributed by atoms with Crippen LogP contribution in [0.1, 0.15) is 42.4 Å². The lowest BCUT2D eigenvalue weighted by molar-refractivity contribution is 0.323. The van der Waals surface area contributed by atoms with Crippen molar-refractivity contribution in [2.45, 2.75) is 38.1 Å². The van der Waals surface area contributed by atoms with Crippen molar-refractivity contribution in [2.24, 2.45) is 0 Å². The molecule has 0 heterocycles. The fourth-order valence-electron chi connectivity index (χ4n) is 4.14. The van der Waals surface area contributed by atoms with Crippen LogP contribution >= 0.6 is 0 Å². The Bertz CT molecular complexity index is 879. The van der Waals surface area contributed by atoms with Gasteiger partial charge in [-0.25, -0.2) is 0 Å². The third-order valence-corrected chi connectivity index (χ3v) is 5.92. The maximum absolute atomic E-state index is 5.48. The van der Waals surface area contributed by atoms with E-state index in [0.29, 0.717) is 29.2 Å². The third-order valence-electron chi connectivity index (χ3n) is 5.92. The Morgan fingerprint density at radius 1 is 0.719 bits per heavy atom. The van der Waals surface area contributed by atoms with E-state index in [1.807, 2.05) is 12.1 Å². The average Bonchev–Trinajstić information content (AvgIpc) is 2.85. The lowest BCUT2D eigenvalue weighted by Crippen LogP contribution is -2.28. The zero-order valence-electron chi connectivity index (χ0n) is 19.6. The topological polar surface area (TPSA) is 39.7 Å². The van der Waals surface area contributed by atoms with Crippen LogP contribution in [0.25, 0.3) is 0 Å². The first kappa shape index (κ1) is 23.7. The van der Waals surface area contributed by atoms with Gasteiger partial charge in [-0.1, -0.05) is 60.7 Å². The highest BCUT2D eigenvalue weighted by molar-refractivity contribution is 5.53. The molecular weight excluding hydrogens is 398 g/mol. The van der Waals surface area contributed by atoms with Crippen LogP contribution in [-0.2, 0) is 6.42 Å². The molecule has 1 N–H and O–H groups in total. The fourth-order valence-corrected chi connectivity index (χ4v) is 4.14. The molecule has 1 unspecified atom stereocenters. The Morgan fingerprint density at radius 2 is 1.25 bits per heavy atom. The van der Waals surface area contributed by atoms with Crippen molar-refractivity contribution in [1.82, 2.24) is 5.32 Å². The molecular formula is C28H35NO3. The van der Waals surface area contributed by atoms with E-state index in [0.717, 1.165) is 25.8 Å². The molecule has 3 aromatic rings. The summed E-state index contributed by atoms with van der Waals surface area (Å²) in [6.45, 7) is 3.21. The summed E-state index contributed by atoms with van der Waals surface area (Å²) in [7, 11) is 4.94. The second-order valence-electron chi connectivity index (χ2n) is 8.09. The molecule has 0 amide bonds. The smallest absolute Gasteiger partial charge is 0.203 e. The second kappa shape index (κ2) is 12.2. The van der Waals surface area contributed by atoms with Crippen LogP contribution in [0.2, 0.25) is 0 Å². The minimum Gasteiger partial charge on any atom is -0.493 e. The van der Waals surface area contributed by atoms with E-state index in [9.17, 15) is 0 Å². The monoisotopic (exact) mass is 433 g/mol. The quantitative estimate of drug-likeness (QED) is 0.389. The van der Waals surface area contributed by atoms with E-state index in [4.69, 9.17) is 14.2 Å². The molecule has 0 bridgehead atoms. The first-order chi connectivity index (χ1) is 15.7. The van der Waals surface area contributed by atoms with E-state index in [1.54, 1.807) is 21.3 Å². The van der Waals surface area contributed by atoms with Crippen LogP contribution < -0.4 is 19.5 Å². The van der Waals surface area contributed by atoms with E-state index in [1.165, 1.54) is 16.7 Å². The summed E-state index contributed by atoms with van der Waals surface area (Å²) in [5, 5.41) is 3.72. The minimum absolute atomic E-state index is 0.396. The van der Waals surface area contributed by atoms with Crippen LogP contribution in [0.5, 0.6) is 17.2 Å². The maximum atomic E-state index is 5.48. The summed E-state index contributed by atoms with van der Waals surface area (Å²) in [5.41, 5.74) is 3.91. The first-order valence-corrected chi connectivity index (χ1v) is 11.3. The summed E-state index contributed by atoms with van der Waals surface area (Å²) >= 11 is 0. The fraction of sp³-hybridized carbons (Fsp3) is 0.357. The molecule has 0 aromatic heterocycles. The Labute approximate surface area is 192 Å². The van der Waals surface area contributed by atoms with Gasteiger partial charge >= 0.3 is 0 Å². The highest BCUT2D eigenvalue weighted by Gasteiger charge is 2.15. The number of rotatable bonds is 12. The van der Waals surface area contributed by atoms with E-state index in [-0.39, 0.29) is 0 Å². The zero-order valence-corrected chi connectivity index (χ0v) is 19.6. The molecule has 1 atom stereocenters. The van der Waals surface area contributed by atoms with Gasteiger partial charge in [-0.2, -0.15) is 0 Å². The van der Waals surface area contributed by atoms with Crippen LogP contribution in [0.4, 0.5) is 0 Å². The van der Waals surface area contributed by atoms with E-state index >= 15 is 0 Å². The number of hydrogen-bond acceptors (Lipinski definition) is 4. The molecule has 0 aliphatic rings. The van der Waals surface area contributed by atoms with E-state index in [2.05, 4.69) is 72.9 Å². The molecule has 4 heteroatoms. The van der Waals surface area contributed by atoms with Gasteiger partial charge in [0, 0.05) is 12.0 Å². The summed E-state index contributed by atoms with van der Waals surface area (Å²) in [6.07, 6.45) is 3.02. The van der Waals surface area contributed by atoms with Crippen molar-refractivity contribution >= 4 is 0 Å².